The van der Waals surface area contributed by atoms with Gasteiger partial charge >= 0.3 is 5.97 Å². The zero-order chi connectivity index (χ0) is 10.8. The van der Waals surface area contributed by atoms with E-state index in [9.17, 15) is 4.79 Å². The molecule has 0 aromatic carbocycles. The first-order chi connectivity index (χ1) is 7.16. The van der Waals surface area contributed by atoms with E-state index in [4.69, 9.17) is 9.52 Å². The molecule has 1 aliphatic rings. The first-order valence-electron chi connectivity index (χ1n) is 5.15. The number of hydrogen-bond donors (Lipinski definition) is 2. The summed E-state index contributed by atoms with van der Waals surface area (Å²) in [5.74, 6) is -0.00693. The summed E-state index contributed by atoms with van der Waals surface area (Å²) in [5.41, 5.74) is 0.973. The SMILES string of the molecule is CC(Nc1nc2c(o1)CCCC2)C(=O)O. The summed E-state index contributed by atoms with van der Waals surface area (Å²) >= 11 is 0. The molecule has 0 amide bonds. The molecule has 5 heteroatoms. The Morgan fingerprint density at radius 3 is 2.93 bits per heavy atom. The zero-order valence-corrected chi connectivity index (χ0v) is 8.62. The van der Waals surface area contributed by atoms with Gasteiger partial charge in [-0.1, -0.05) is 0 Å². The van der Waals surface area contributed by atoms with Gasteiger partial charge in [-0.05, 0) is 26.2 Å². The molecule has 1 aliphatic carbocycles. The van der Waals surface area contributed by atoms with Crippen LogP contribution in [0.15, 0.2) is 4.42 Å². The number of aromatic nitrogens is 1. The molecule has 82 valence electrons. The van der Waals surface area contributed by atoms with Gasteiger partial charge in [-0.15, -0.1) is 0 Å². The molecule has 1 heterocycles. The van der Waals surface area contributed by atoms with E-state index in [1.54, 1.807) is 6.92 Å². The third-order valence-corrected chi connectivity index (χ3v) is 2.56. The van der Waals surface area contributed by atoms with Crippen LogP contribution in [0.4, 0.5) is 6.01 Å². The molecule has 15 heavy (non-hydrogen) atoms. The van der Waals surface area contributed by atoms with Crippen LogP contribution in [0.3, 0.4) is 0 Å². The van der Waals surface area contributed by atoms with Gasteiger partial charge in [0, 0.05) is 6.42 Å². The number of oxazole rings is 1. The smallest absolute Gasteiger partial charge is 0.325 e. The summed E-state index contributed by atoms with van der Waals surface area (Å²) in [6.45, 7) is 1.56. The van der Waals surface area contributed by atoms with E-state index in [0.717, 1.165) is 37.1 Å². The molecular formula is C10H14N2O3. The molecule has 2 rings (SSSR count). The Bertz CT molecular complexity index is 349. The summed E-state index contributed by atoms with van der Waals surface area (Å²) in [7, 11) is 0. The predicted molar refractivity (Wildman–Crippen MR) is 53.9 cm³/mol. The van der Waals surface area contributed by atoms with Crippen LogP contribution < -0.4 is 5.32 Å². The summed E-state index contributed by atoms with van der Waals surface area (Å²) in [5, 5.41) is 11.4. The quantitative estimate of drug-likeness (QED) is 0.789. The number of carboxylic acids is 1. The summed E-state index contributed by atoms with van der Waals surface area (Å²) in [6.07, 6.45) is 4.09. The second kappa shape index (κ2) is 3.92. The van der Waals surface area contributed by atoms with Crippen LogP contribution in [-0.4, -0.2) is 22.1 Å². The molecule has 0 radical (unpaired) electrons. The highest BCUT2D eigenvalue weighted by atomic mass is 16.4. The number of aliphatic carboxylic acids is 1. The largest absolute Gasteiger partial charge is 0.480 e. The van der Waals surface area contributed by atoms with Crippen molar-refractivity contribution in [2.45, 2.75) is 38.6 Å². The lowest BCUT2D eigenvalue weighted by molar-refractivity contribution is -0.137. The van der Waals surface area contributed by atoms with Crippen LogP contribution in [0.2, 0.25) is 0 Å². The normalized spacial score (nSPS) is 16.9. The third kappa shape index (κ3) is 2.11. The van der Waals surface area contributed by atoms with Gasteiger partial charge in [0.05, 0.1) is 5.69 Å². The van der Waals surface area contributed by atoms with Crippen molar-refractivity contribution in [2.24, 2.45) is 0 Å². The number of nitrogens with one attached hydrogen (secondary N) is 1. The lowest BCUT2D eigenvalue weighted by atomic mass is 10.0. The average Bonchev–Trinajstić information content (AvgIpc) is 2.59. The first kappa shape index (κ1) is 10.0. The Morgan fingerprint density at radius 2 is 2.27 bits per heavy atom. The lowest BCUT2D eigenvalue weighted by Crippen LogP contribution is -2.25. The van der Waals surface area contributed by atoms with Crippen LogP contribution in [0.5, 0.6) is 0 Å². The maximum atomic E-state index is 10.6. The van der Waals surface area contributed by atoms with Crippen molar-refractivity contribution in [3.8, 4) is 0 Å². The highest BCUT2D eigenvalue weighted by molar-refractivity contribution is 5.75. The van der Waals surface area contributed by atoms with Gasteiger partial charge in [0.2, 0.25) is 0 Å². The number of nitrogens with zero attached hydrogens (tertiary/aromatic N) is 1. The number of aryl methyl sites for hydroxylation is 2. The number of carbonyl (C=O) groups is 1. The van der Waals surface area contributed by atoms with Gasteiger partial charge in [0.1, 0.15) is 11.8 Å². The number of carboxylic acid groups (broad SMARTS) is 1. The van der Waals surface area contributed by atoms with Crippen molar-refractivity contribution < 1.29 is 14.3 Å². The minimum Gasteiger partial charge on any atom is -0.480 e. The molecule has 1 atom stereocenters. The molecule has 1 unspecified atom stereocenters. The van der Waals surface area contributed by atoms with E-state index in [1.807, 2.05) is 0 Å². The van der Waals surface area contributed by atoms with Gasteiger partial charge in [-0.2, -0.15) is 4.98 Å². The van der Waals surface area contributed by atoms with Crippen LogP contribution in [0, 0.1) is 0 Å². The number of rotatable bonds is 3. The molecule has 0 aliphatic heterocycles. The van der Waals surface area contributed by atoms with Gasteiger partial charge < -0.3 is 14.8 Å². The minimum atomic E-state index is -0.911. The van der Waals surface area contributed by atoms with Crippen LogP contribution in [0.25, 0.3) is 0 Å². The van der Waals surface area contributed by atoms with Crippen LogP contribution in [-0.2, 0) is 17.6 Å². The zero-order valence-electron chi connectivity index (χ0n) is 8.62. The topological polar surface area (TPSA) is 75.4 Å². The molecule has 0 bridgehead atoms. The van der Waals surface area contributed by atoms with Crippen molar-refractivity contribution in [1.29, 1.82) is 0 Å². The van der Waals surface area contributed by atoms with Crippen LogP contribution in [0.1, 0.15) is 31.2 Å². The molecule has 1 aromatic heterocycles. The van der Waals surface area contributed by atoms with Gasteiger partial charge in [0.25, 0.3) is 6.01 Å². The number of fused-ring (bicyclic) bond motifs is 1. The molecule has 0 fully saturated rings. The molecular weight excluding hydrogens is 196 g/mol. The fourth-order valence-corrected chi connectivity index (χ4v) is 1.66. The summed E-state index contributed by atoms with van der Waals surface area (Å²) < 4.78 is 5.44. The average molecular weight is 210 g/mol. The van der Waals surface area contributed by atoms with Crippen molar-refractivity contribution in [1.82, 2.24) is 4.98 Å². The second-order valence-corrected chi connectivity index (χ2v) is 3.80. The number of hydrogen-bond acceptors (Lipinski definition) is 4. The first-order valence-corrected chi connectivity index (χ1v) is 5.15. The minimum absolute atomic E-state index is 0.330. The Hall–Kier alpha value is -1.52. The highest BCUT2D eigenvalue weighted by Crippen LogP contribution is 2.24. The highest BCUT2D eigenvalue weighted by Gasteiger charge is 2.19. The fraction of sp³-hybridized carbons (Fsp3) is 0.600. The molecule has 1 aromatic rings. The van der Waals surface area contributed by atoms with Crippen LogP contribution >= 0.6 is 0 Å². The second-order valence-electron chi connectivity index (χ2n) is 3.80. The molecule has 0 saturated heterocycles. The summed E-state index contributed by atoms with van der Waals surface area (Å²) in [4.78, 5) is 14.8. The van der Waals surface area contributed by atoms with E-state index in [-0.39, 0.29) is 0 Å². The Balaban J connectivity index is 2.09. The Labute approximate surface area is 87.5 Å². The van der Waals surface area contributed by atoms with Gasteiger partial charge in [-0.25, -0.2) is 0 Å². The van der Waals surface area contributed by atoms with E-state index in [2.05, 4.69) is 10.3 Å². The molecule has 5 nitrogen and oxygen atoms in total. The third-order valence-electron chi connectivity index (χ3n) is 2.56. The monoisotopic (exact) mass is 210 g/mol. The maximum Gasteiger partial charge on any atom is 0.325 e. The van der Waals surface area contributed by atoms with Crippen molar-refractivity contribution in [3.63, 3.8) is 0 Å². The van der Waals surface area contributed by atoms with Crippen molar-refractivity contribution >= 4 is 12.0 Å². The Morgan fingerprint density at radius 1 is 1.53 bits per heavy atom. The Kier molecular flexibility index (Phi) is 2.62. The van der Waals surface area contributed by atoms with Crippen molar-refractivity contribution in [3.05, 3.63) is 11.5 Å². The molecule has 0 saturated carbocycles. The van der Waals surface area contributed by atoms with E-state index >= 15 is 0 Å². The van der Waals surface area contributed by atoms with E-state index in [1.165, 1.54) is 0 Å². The van der Waals surface area contributed by atoms with E-state index < -0.39 is 12.0 Å². The fourth-order valence-electron chi connectivity index (χ4n) is 1.66. The molecule has 2 N–H and O–H groups in total. The van der Waals surface area contributed by atoms with Gasteiger partial charge in [0.15, 0.2) is 0 Å². The number of anilines is 1. The van der Waals surface area contributed by atoms with Crippen molar-refractivity contribution in [2.75, 3.05) is 5.32 Å². The molecule has 0 spiro atoms. The summed E-state index contributed by atoms with van der Waals surface area (Å²) in [6, 6.07) is -0.345. The lowest BCUT2D eigenvalue weighted by Gasteiger charge is -2.05. The van der Waals surface area contributed by atoms with E-state index in [0.29, 0.717) is 6.01 Å². The van der Waals surface area contributed by atoms with Gasteiger partial charge in [-0.3, -0.25) is 4.79 Å². The maximum absolute atomic E-state index is 10.6. The predicted octanol–water partition coefficient (Wildman–Crippen LogP) is 1.44. The standard InChI is InChI=1S/C10H14N2O3/c1-6(9(13)14)11-10-12-7-4-2-3-5-8(7)15-10/h6H,2-5H2,1H3,(H,11,12)(H,13,14).